The van der Waals surface area contributed by atoms with E-state index in [1.54, 1.807) is 145 Å². The Morgan fingerprint density at radius 1 is 0.417 bits per heavy atom. The summed E-state index contributed by atoms with van der Waals surface area (Å²) in [6.07, 6.45) is 7.32. The molecule has 10 heterocycles. The predicted octanol–water partition coefficient (Wildman–Crippen LogP) is 13.3. The van der Waals surface area contributed by atoms with E-state index in [0.29, 0.717) is 61.0 Å². The van der Waals surface area contributed by atoms with Crippen LogP contribution in [-0.2, 0) is 88.0 Å². The molecule has 4 fully saturated rings. The number of pyridine rings is 4. The van der Waals surface area contributed by atoms with E-state index in [9.17, 15) is 81.6 Å². The maximum atomic E-state index is 14.0. The summed E-state index contributed by atoms with van der Waals surface area (Å²) < 4.78 is 75.2. The van der Waals surface area contributed by atoms with Crippen LogP contribution in [-0.4, -0.2) is 197 Å². The smallest absolute Gasteiger partial charge is 0.404 e. The van der Waals surface area contributed by atoms with Gasteiger partial charge in [0, 0.05) is 93.5 Å². The number of carbonyl (C=O) groups is 12. The number of carboxylic acids is 3. The number of methoxy groups -OCH3 is 4. The highest BCUT2D eigenvalue weighted by atomic mass is 35.5. The van der Waals surface area contributed by atoms with Crippen LogP contribution in [0.1, 0.15) is 147 Å². The lowest BCUT2D eigenvalue weighted by Crippen LogP contribution is -2.67. The van der Waals surface area contributed by atoms with Gasteiger partial charge in [-0.2, -0.15) is 8.78 Å². The van der Waals surface area contributed by atoms with Gasteiger partial charge in [-0.05, 0) is 193 Å². The number of carbonyl (C=O) groups excluding carboxylic acids is 9. The van der Waals surface area contributed by atoms with Crippen molar-refractivity contribution in [1.82, 2.24) is 39.5 Å². The van der Waals surface area contributed by atoms with Crippen molar-refractivity contribution in [2.45, 2.75) is 159 Å². The summed E-state index contributed by atoms with van der Waals surface area (Å²) in [4.78, 5) is 173. The van der Waals surface area contributed by atoms with Crippen LogP contribution in [0.5, 0.6) is 46.0 Å². The number of β-lactam (4-membered cyclic amide) rings is 4. The van der Waals surface area contributed by atoms with Crippen molar-refractivity contribution >= 4 is 106 Å². The Morgan fingerprint density at radius 2 is 0.813 bits per heavy atom. The van der Waals surface area contributed by atoms with E-state index in [1.807, 2.05) is 72.8 Å². The first-order valence-electron chi connectivity index (χ1n) is 44.1. The first-order valence-corrected chi connectivity index (χ1v) is 44.8. The van der Waals surface area contributed by atoms with E-state index in [2.05, 4.69) is 19.9 Å². The lowest BCUT2D eigenvalue weighted by Gasteiger charge is -2.44. The molecule has 0 saturated carbocycles. The molecule has 6 aliphatic heterocycles. The molecule has 38 heteroatoms. The Kier molecular flexibility index (Phi) is 31.6. The average molecular weight is 1950 g/mol. The monoisotopic (exact) mass is 1940 g/mol. The predicted molar refractivity (Wildman–Crippen MR) is 497 cm³/mol. The minimum Gasteiger partial charge on any atom is -0.497 e. The second-order valence-electron chi connectivity index (χ2n) is 34.4. The molecule has 4 aromatic heterocycles. The molecule has 0 radical (unpaired) electrons. The minimum atomic E-state index is -2.26. The Bertz CT molecular complexity index is 6260. The summed E-state index contributed by atoms with van der Waals surface area (Å²) in [6, 6.07) is 41.0. The highest BCUT2D eigenvalue weighted by Gasteiger charge is 2.59. The van der Waals surface area contributed by atoms with Gasteiger partial charge in [-0.3, -0.25) is 62.9 Å². The van der Waals surface area contributed by atoms with E-state index in [1.165, 1.54) is 45.2 Å². The Morgan fingerprint density at radius 3 is 1.21 bits per heavy atom. The molecule has 4 saturated heterocycles. The van der Waals surface area contributed by atoms with Gasteiger partial charge in [-0.25, -0.2) is 34.1 Å². The van der Waals surface area contributed by atoms with Gasteiger partial charge in [0.1, 0.15) is 64.0 Å². The van der Waals surface area contributed by atoms with E-state index in [4.69, 9.17) is 77.3 Å². The number of nitrogen functional groups attached to an aromatic ring is 2. The number of carboxylic acid groups (broad SMARTS) is 3. The van der Waals surface area contributed by atoms with Crippen LogP contribution in [0.25, 0.3) is 0 Å². The molecule has 0 bridgehead atoms. The number of hydrogen-bond donors (Lipinski definition) is 5. The summed E-state index contributed by atoms with van der Waals surface area (Å²) in [5, 5.41) is 30.1. The maximum absolute atomic E-state index is 14.0. The first-order chi connectivity index (χ1) is 66.2. The van der Waals surface area contributed by atoms with Crippen molar-refractivity contribution in [3.8, 4) is 46.0 Å². The number of alkyl halides is 2. The fourth-order valence-corrected chi connectivity index (χ4v) is 17.9. The van der Waals surface area contributed by atoms with E-state index < -0.39 is 149 Å². The SMILES string of the molecule is CC(C)OC(=O)[C@@H]1[C@@H](Cc2ccc(Cl)nc2)C(=O)N1C(=O)C[C@H](C)c1ccc2c(c1)OC(C)(F)O2.COc1cccc(C(CC(=O)N2C(=O)[C@H](Cc3ccnc(N)c3)[C@H]2C(=O)O)c2cccc(OC)c2)c1.COc1ccccc1C(CC(=O)N1C(=O)[C@H](Cc2ccnc(N)c2)[C@H]1C(=O)O)c1ccccc1OC.C[C@@H](CC(=O)N1C(=O)[C@H](Cc2cncc(Cl)c2)[C@H]1C(=O)O)c1ccc2c(c1)OC(C)(F)O2. The van der Waals surface area contributed by atoms with Crippen molar-refractivity contribution in [3.63, 3.8) is 0 Å². The zero-order chi connectivity index (χ0) is 100. The van der Waals surface area contributed by atoms with Crippen molar-refractivity contribution in [3.05, 3.63) is 273 Å². The number of para-hydroxylation sites is 2. The lowest BCUT2D eigenvalue weighted by molar-refractivity contribution is -0.181. The fourth-order valence-electron chi connectivity index (χ4n) is 17.6. The van der Waals surface area contributed by atoms with Gasteiger partial charge >= 0.3 is 36.0 Å². The zero-order valence-corrected chi connectivity index (χ0v) is 78.5. The molecular weight excluding hydrogens is 1850 g/mol. The molecule has 16 rings (SSSR count). The summed E-state index contributed by atoms with van der Waals surface area (Å²) in [5.74, 6) is -9.76. The number of amides is 8. The molecule has 139 heavy (non-hydrogen) atoms. The van der Waals surface area contributed by atoms with E-state index in [-0.39, 0.29) is 97.8 Å². The summed E-state index contributed by atoms with van der Waals surface area (Å²) in [7, 11) is 6.18. The van der Waals surface area contributed by atoms with Crippen LogP contribution in [0, 0.1) is 23.7 Å². The highest BCUT2D eigenvalue weighted by molar-refractivity contribution is 6.30. The lowest BCUT2D eigenvalue weighted by atomic mass is 9.80. The molecule has 0 aliphatic carbocycles. The first kappa shape index (κ1) is 101. The number of benzene rings is 6. The van der Waals surface area contributed by atoms with E-state index in [0.717, 1.165) is 61.3 Å². The Hall–Kier alpha value is -15.2. The van der Waals surface area contributed by atoms with E-state index >= 15 is 0 Å². The third-order valence-corrected chi connectivity index (χ3v) is 24.8. The maximum Gasteiger partial charge on any atom is 0.404 e. The van der Waals surface area contributed by atoms with Crippen LogP contribution in [0.15, 0.2) is 207 Å². The van der Waals surface area contributed by atoms with Crippen LogP contribution >= 0.6 is 23.2 Å². The van der Waals surface area contributed by atoms with Gasteiger partial charge < -0.3 is 69.4 Å². The third-order valence-electron chi connectivity index (χ3n) is 24.3. The molecule has 726 valence electrons. The molecule has 0 spiro atoms. The molecule has 7 N–H and O–H groups in total. The molecule has 6 aliphatic rings. The number of aromatic nitrogens is 4. The fraction of sp³-hybridized carbons (Fsp3) is 0.327. The standard InChI is InChI=1S/2C27H27N3O6.C25H26ClFN2O6.C22H20ClFN2O6/c1-35-19-7-3-5-17(13-19)21(18-6-4-8-20(14-18)36-2)15-24(31)30-25(27(33)34)22(26(30)32)11-16-9-10-29-23(28)12-16;1-35-21-9-5-3-7-17(21)19(18-8-4-6-10-22(18)36-2)15-24(31)30-25(27(33)34)20(26(30)32)13-16-11-12-29-23(28)14-16;1-13(2)33-24(32)22-17(10-15-5-8-20(26)28-12-15)23(31)29(22)21(30)9-14(3)16-6-7-18-19(11-16)35-25(4,27)34-18;1-11(13-3-4-16-17(8-13)32-22(2,24)31-16)5-18(27)26-19(21(29)30)15(20(26)28)7-12-6-14(23)10-25-9-12/h3-10,12-14,21-22,25H,11,15H2,1-2H3,(H2,28,29)(H,33,34);3-12,14,19-20,25H,13,15H2,1-2H3,(H2,28,29)(H,33,34);5-8,11-14,17,22H,9-10H2,1-4H3;3-4,6,8-11,15,19H,5,7H2,1-2H3,(H,29,30)/t22-,25+;20-,25+;14-,17+,22-,25?;11-,15+,19-,22?/m1100/s1. The topological polar surface area (TPSA) is 465 Å². The van der Waals surface area contributed by atoms with Gasteiger partial charge in [0.05, 0.1) is 63.2 Å². The zero-order valence-electron chi connectivity index (χ0n) is 77.0. The molecule has 8 amide bonds. The number of nitrogens with zero attached hydrogens (tertiary/aromatic N) is 8. The van der Waals surface area contributed by atoms with Gasteiger partial charge in [0.2, 0.25) is 47.3 Å². The third kappa shape index (κ3) is 23.4. The van der Waals surface area contributed by atoms with Crippen molar-refractivity contribution < 1.29 is 124 Å². The van der Waals surface area contributed by atoms with Crippen molar-refractivity contribution in [2.24, 2.45) is 23.7 Å². The molecule has 34 nitrogen and oxygen atoms in total. The van der Waals surface area contributed by atoms with Gasteiger partial charge in [0.15, 0.2) is 23.0 Å². The van der Waals surface area contributed by atoms with Gasteiger partial charge in [-0.1, -0.05) is 116 Å². The van der Waals surface area contributed by atoms with Gasteiger partial charge in [0.25, 0.3) is 0 Å². The van der Waals surface area contributed by atoms with Gasteiger partial charge in [-0.15, -0.1) is 0 Å². The van der Waals surface area contributed by atoms with Crippen molar-refractivity contribution in [1.29, 1.82) is 0 Å². The number of hydrogen-bond acceptors (Lipinski definition) is 27. The van der Waals surface area contributed by atoms with Crippen LogP contribution in [0.4, 0.5) is 20.4 Å². The van der Waals surface area contributed by atoms with Crippen molar-refractivity contribution in [2.75, 3.05) is 39.9 Å². The Labute approximate surface area is 806 Å². The normalized spacial score (nSPS) is 20.5. The molecule has 6 aromatic carbocycles. The second-order valence-corrected chi connectivity index (χ2v) is 35.2. The minimum absolute atomic E-state index is 0.0427. The number of anilines is 2. The Balaban J connectivity index is 0.000000156. The second kappa shape index (κ2) is 43.4. The summed E-state index contributed by atoms with van der Waals surface area (Å²) >= 11 is 11.7. The number of rotatable bonds is 31. The molecule has 10 aromatic rings. The number of fused-ring (bicyclic) bond motifs is 2. The molecule has 12 atom stereocenters. The van der Waals surface area contributed by atoms with Crippen LogP contribution in [0.2, 0.25) is 10.2 Å². The number of esters is 1. The average Bonchev–Trinajstić information content (AvgIpc) is 1.75. The highest BCUT2D eigenvalue weighted by Crippen LogP contribution is 2.47. The number of imide groups is 4. The quantitative estimate of drug-likeness (QED) is 0.0153. The van der Waals surface area contributed by atoms with Crippen LogP contribution in [0.3, 0.4) is 0 Å². The number of likely N-dealkylation sites (tertiary alicyclic amines) is 4. The number of aliphatic carboxylic acids is 3. The summed E-state index contributed by atoms with van der Waals surface area (Å²) in [5.41, 5.74) is 18.5. The van der Waals surface area contributed by atoms with Crippen LogP contribution < -0.4 is 49.4 Å². The molecular formula is C101H100Cl2F2N10O24. The number of halogens is 4. The molecule has 2 unspecified atom stereocenters. The largest absolute Gasteiger partial charge is 0.497 e. The summed E-state index contributed by atoms with van der Waals surface area (Å²) in [6.45, 7) is 9.24. The number of nitrogens with two attached hydrogens (primary N) is 2. The number of ether oxygens (including phenoxy) is 9.